The highest BCUT2D eigenvalue weighted by Gasteiger charge is 1.95. The van der Waals surface area contributed by atoms with E-state index in [0.29, 0.717) is 0 Å². The van der Waals surface area contributed by atoms with Gasteiger partial charge in [-0.1, -0.05) is 5.21 Å². The maximum atomic E-state index is 3.83. The zero-order valence-electron chi connectivity index (χ0n) is 5.34. The van der Waals surface area contributed by atoms with Gasteiger partial charge in [0.1, 0.15) is 0 Å². The Morgan fingerprint density at radius 2 is 2.12 bits per heavy atom. The molecule has 3 nitrogen and oxygen atoms in total. The predicted molar refractivity (Wildman–Crippen MR) is 33.4 cm³/mol. The van der Waals surface area contributed by atoms with Gasteiger partial charge in [0.05, 0.1) is 5.69 Å². The Kier molecular flexibility index (Phi) is 1.08. The molecule has 0 saturated carbocycles. The molecule has 0 aliphatic heterocycles. The summed E-state index contributed by atoms with van der Waals surface area (Å²) >= 11 is 0. The minimum atomic E-state index is 1.01. The smallest absolute Gasteiger partial charge is 0.251 e. The van der Waals surface area contributed by atoms with Crippen LogP contribution in [-0.2, 0) is 0 Å². The molecule has 1 aromatic rings. The van der Waals surface area contributed by atoms with Gasteiger partial charge in [-0.05, 0) is 13.8 Å². The van der Waals surface area contributed by atoms with E-state index in [0.717, 1.165) is 11.4 Å². The van der Waals surface area contributed by atoms with Crippen LogP contribution in [0.3, 0.4) is 0 Å². The van der Waals surface area contributed by atoms with Crippen molar-refractivity contribution in [1.82, 2.24) is 14.9 Å². The van der Waals surface area contributed by atoms with Gasteiger partial charge in [-0.15, -0.1) is 5.10 Å². The summed E-state index contributed by atoms with van der Waals surface area (Å²) in [6.07, 6.45) is 0. The molecule has 8 heavy (non-hydrogen) atoms. The average Bonchev–Trinajstić information content (AvgIpc) is 1.98. The van der Waals surface area contributed by atoms with E-state index >= 15 is 0 Å². The quantitative estimate of drug-likeness (QED) is 0.412. The molecule has 0 bridgehead atoms. The molecule has 1 aromatic heterocycles. The lowest BCUT2D eigenvalue weighted by atomic mass is 10.3. The lowest BCUT2D eigenvalue weighted by Gasteiger charge is -1.88. The van der Waals surface area contributed by atoms with Gasteiger partial charge in [0.25, 0.3) is 7.98 Å². The molecule has 0 saturated heterocycles. The summed E-state index contributed by atoms with van der Waals surface area (Å²) in [6.45, 7) is 3.94. The van der Waals surface area contributed by atoms with Crippen molar-refractivity contribution in [2.75, 3.05) is 0 Å². The van der Waals surface area contributed by atoms with Gasteiger partial charge in [-0.2, -0.15) is 0 Å². The molecule has 0 aliphatic carbocycles. The van der Waals surface area contributed by atoms with Crippen molar-refractivity contribution in [2.45, 2.75) is 13.8 Å². The average molecular weight is 109 g/mol. The van der Waals surface area contributed by atoms with Gasteiger partial charge in [-0.3, -0.25) is 0 Å². The highest BCUT2D eigenvalue weighted by atomic mass is 15.4. The molecule has 1 rings (SSSR count). The van der Waals surface area contributed by atoms with Crippen molar-refractivity contribution >= 4 is 7.98 Å². The molecule has 0 amide bonds. The van der Waals surface area contributed by atoms with E-state index in [1.165, 1.54) is 0 Å². The van der Waals surface area contributed by atoms with E-state index in [1.54, 1.807) is 4.59 Å². The van der Waals surface area contributed by atoms with Crippen LogP contribution < -0.4 is 0 Å². The number of rotatable bonds is 0. The van der Waals surface area contributed by atoms with Gasteiger partial charge < -0.3 is 4.59 Å². The lowest BCUT2D eigenvalue weighted by Crippen LogP contribution is -1.95. The molecule has 42 valence electrons. The van der Waals surface area contributed by atoms with Crippen molar-refractivity contribution in [1.29, 1.82) is 0 Å². The number of aromatic nitrogens is 3. The maximum absolute atomic E-state index is 3.83. The van der Waals surface area contributed by atoms with E-state index in [4.69, 9.17) is 0 Å². The molecule has 0 unspecified atom stereocenters. The van der Waals surface area contributed by atoms with E-state index in [-0.39, 0.29) is 0 Å². The first-order valence-electron chi connectivity index (χ1n) is 2.54. The zero-order chi connectivity index (χ0) is 6.15. The van der Waals surface area contributed by atoms with Crippen molar-refractivity contribution in [2.24, 2.45) is 0 Å². The van der Waals surface area contributed by atoms with Crippen LogP contribution in [-0.4, -0.2) is 22.9 Å². The normalized spacial score (nSPS) is 9.75. The highest BCUT2D eigenvalue weighted by Crippen LogP contribution is 1.95. The summed E-state index contributed by atoms with van der Waals surface area (Å²) in [5.74, 6) is 0. The van der Waals surface area contributed by atoms with E-state index < -0.39 is 0 Å². The van der Waals surface area contributed by atoms with Crippen LogP contribution in [0.5, 0.6) is 0 Å². The fourth-order valence-electron chi connectivity index (χ4n) is 0.508. The number of hydrogen-bond donors (Lipinski definition) is 0. The third kappa shape index (κ3) is 0.618. The highest BCUT2D eigenvalue weighted by molar-refractivity contribution is 6.06. The Bertz CT molecular complexity index is 174. The van der Waals surface area contributed by atoms with Gasteiger partial charge in [-0.25, -0.2) is 0 Å². The topological polar surface area (TPSA) is 30.7 Å². The fourth-order valence-corrected chi connectivity index (χ4v) is 0.508. The van der Waals surface area contributed by atoms with Crippen LogP contribution in [0.25, 0.3) is 0 Å². The third-order valence-corrected chi connectivity index (χ3v) is 1.34. The van der Waals surface area contributed by atoms with E-state index in [9.17, 15) is 0 Å². The Morgan fingerprint density at radius 1 is 1.50 bits per heavy atom. The standard InChI is InChI=1S/C4H8BN3/c1-3-4(2)8(5)7-6-3/h5H2,1-2H3. The minimum Gasteiger partial charge on any atom is -0.304 e. The summed E-state index contributed by atoms with van der Waals surface area (Å²) in [5.41, 5.74) is 2.14. The third-order valence-electron chi connectivity index (χ3n) is 1.34. The van der Waals surface area contributed by atoms with Crippen LogP contribution in [0.2, 0.25) is 0 Å². The predicted octanol–water partition coefficient (Wildman–Crippen LogP) is -0.709. The maximum Gasteiger partial charge on any atom is 0.251 e. The molecule has 1 heterocycles. The Balaban J connectivity index is 3.19. The van der Waals surface area contributed by atoms with Gasteiger partial charge in [0, 0.05) is 5.69 Å². The van der Waals surface area contributed by atoms with E-state index in [2.05, 4.69) is 10.3 Å². The molecule has 0 aromatic carbocycles. The van der Waals surface area contributed by atoms with Crippen LogP contribution in [0.15, 0.2) is 0 Å². The molecular formula is C4H8BN3. The number of aryl methyl sites for hydroxylation is 1. The SMILES string of the molecule is Bn1nnc(C)c1C. The Morgan fingerprint density at radius 3 is 2.25 bits per heavy atom. The van der Waals surface area contributed by atoms with Crippen molar-refractivity contribution in [3.05, 3.63) is 11.4 Å². The first-order chi connectivity index (χ1) is 3.72. The van der Waals surface area contributed by atoms with Crippen LogP contribution in [0.4, 0.5) is 0 Å². The summed E-state index contributed by atoms with van der Waals surface area (Å²) in [6, 6.07) is 0. The summed E-state index contributed by atoms with van der Waals surface area (Å²) in [5, 5.41) is 7.61. The van der Waals surface area contributed by atoms with Crippen molar-refractivity contribution in [3.63, 3.8) is 0 Å². The lowest BCUT2D eigenvalue weighted by molar-refractivity contribution is 0.859. The summed E-state index contributed by atoms with van der Waals surface area (Å²) in [7, 11) is 1.88. The monoisotopic (exact) mass is 109 g/mol. The van der Waals surface area contributed by atoms with Crippen LogP contribution in [0.1, 0.15) is 11.4 Å². The summed E-state index contributed by atoms with van der Waals surface area (Å²) < 4.78 is 1.76. The Hall–Kier alpha value is -0.795. The summed E-state index contributed by atoms with van der Waals surface area (Å²) in [4.78, 5) is 0. The zero-order valence-corrected chi connectivity index (χ0v) is 5.34. The van der Waals surface area contributed by atoms with Crippen molar-refractivity contribution < 1.29 is 0 Å². The van der Waals surface area contributed by atoms with E-state index in [1.807, 2.05) is 21.8 Å². The first kappa shape index (κ1) is 5.34. The molecule has 0 spiro atoms. The molecule has 0 aliphatic rings. The number of nitrogens with zero attached hydrogens (tertiary/aromatic N) is 3. The molecule has 0 atom stereocenters. The largest absolute Gasteiger partial charge is 0.304 e. The second-order valence-corrected chi connectivity index (χ2v) is 1.88. The molecule has 0 radical (unpaired) electrons. The van der Waals surface area contributed by atoms with Crippen molar-refractivity contribution in [3.8, 4) is 0 Å². The minimum absolute atomic E-state index is 1.01. The van der Waals surface area contributed by atoms with Gasteiger partial charge in [0.2, 0.25) is 0 Å². The fraction of sp³-hybridized carbons (Fsp3) is 0.500. The second-order valence-electron chi connectivity index (χ2n) is 1.88. The second kappa shape index (κ2) is 1.61. The van der Waals surface area contributed by atoms with Crippen LogP contribution in [0, 0.1) is 13.8 Å². The first-order valence-corrected chi connectivity index (χ1v) is 2.54. The van der Waals surface area contributed by atoms with Gasteiger partial charge in [0.15, 0.2) is 0 Å². The molecule has 4 heteroatoms. The Labute approximate surface area is 49.1 Å². The van der Waals surface area contributed by atoms with Gasteiger partial charge >= 0.3 is 0 Å². The molecule has 0 fully saturated rings. The number of hydrogen-bond acceptors (Lipinski definition) is 2. The molecular weight excluding hydrogens is 101 g/mol. The molecule has 0 N–H and O–H groups in total. The van der Waals surface area contributed by atoms with Crippen LogP contribution >= 0.6 is 0 Å².